The zero-order chi connectivity index (χ0) is 32.6. The number of fused-ring (bicyclic) bond motifs is 3. The standard InChI is InChI=1S/C45H29N3O/c1-5-15-30(16-6-1)34-27-35(31-17-7-2-8-18-31)29-36(28-34)44-46-43(33-21-11-4-12-22-33)47-45(48-44)41-37(32-19-9-3-10-20-32)25-26-39-38-23-13-14-24-40(38)49-42(39)41/h1-29H. The first kappa shape index (κ1) is 28.6. The minimum Gasteiger partial charge on any atom is -0.455 e. The van der Waals surface area contributed by atoms with Crippen molar-refractivity contribution in [1.29, 1.82) is 0 Å². The lowest BCUT2D eigenvalue weighted by Crippen LogP contribution is -2.02. The van der Waals surface area contributed by atoms with Crippen LogP contribution in [0.1, 0.15) is 0 Å². The maximum Gasteiger partial charge on any atom is 0.168 e. The lowest BCUT2D eigenvalue weighted by Gasteiger charge is -2.14. The fourth-order valence-corrected chi connectivity index (χ4v) is 6.55. The van der Waals surface area contributed by atoms with Crippen molar-refractivity contribution in [1.82, 2.24) is 15.0 Å². The fraction of sp³-hybridized carbons (Fsp3) is 0. The third kappa shape index (κ3) is 5.35. The predicted molar refractivity (Wildman–Crippen MR) is 200 cm³/mol. The van der Waals surface area contributed by atoms with Crippen LogP contribution in [0.4, 0.5) is 0 Å². The minimum absolute atomic E-state index is 0.554. The summed E-state index contributed by atoms with van der Waals surface area (Å²) in [6, 6.07) is 60.4. The van der Waals surface area contributed by atoms with E-state index in [2.05, 4.69) is 109 Å². The van der Waals surface area contributed by atoms with Crippen LogP contribution >= 0.6 is 0 Å². The summed E-state index contributed by atoms with van der Waals surface area (Å²) < 4.78 is 6.64. The average Bonchev–Trinajstić information content (AvgIpc) is 3.57. The molecule has 0 amide bonds. The predicted octanol–water partition coefficient (Wildman–Crippen LogP) is 11.8. The number of furan rings is 1. The summed E-state index contributed by atoms with van der Waals surface area (Å²) in [4.78, 5) is 15.6. The Balaban J connectivity index is 1.35. The van der Waals surface area contributed by atoms with E-state index in [1.807, 2.05) is 66.7 Å². The normalized spacial score (nSPS) is 11.3. The topological polar surface area (TPSA) is 51.8 Å². The molecule has 0 saturated heterocycles. The summed E-state index contributed by atoms with van der Waals surface area (Å²) in [5, 5.41) is 2.07. The van der Waals surface area contributed by atoms with Crippen molar-refractivity contribution in [2.75, 3.05) is 0 Å². The van der Waals surface area contributed by atoms with E-state index in [-0.39, 0.29) is 0 Å². The summed E-state index contributed by atoms with van der Waals surface area (Å²) in [6.45, 7) is 0. The minimum atomic E-state index is 0.554. The van der Waals surface area contributed by atoms with Gasteiger partial charge in [-0.15, -0.1) is 0 Å². The van der Waals surface area contributed by atoms with E-state index in [1.165, 1.54) is 0 Å². The Labute approximate surface area is 284 Å². The molecule has 0 bridgehead atoms. The molecule has 0 saturated carbocycles. The molecule has 2 aromatic heterocycles. The number of rotatable bonds is 6. The third-order valence-electron chi connectivity index (χ3n) is 8.93. The summed E-state index contributed by atoms with van der Waals surface area (Å²) in [5.74, 6) is 1.74. The van der Waals surface area contributed by atoms with Gasteiger partial charge in [0.1, 0.15) is 11.2 Å². The molecule has 0 fully saturated rings. The number of aromatic nitrogens is 3. The second-order valence-corrected chi connectivity index (χ2v) is 12.0. The largest absolute Gasteiger partial charge is 0.455 e. The van der Waals surface area contributed by atoms with Gasteiger partial charge in [-0.1, -0.05) is 146 Å². The second-order valence-electron chi connectivity index (χ2n) is 12.0. The molecule has 0 aliphatic rings. The van der Waals surface area contributed by atoms with Gasteiger partial charge in [0, 0.05) is 21.9 Å². The van der Waals surface area contributed by atoms with E-state index < -0.39 is 0 Å². The molecular formula is C45H29N3O. The molecular weight excluding hydrogens is 599 g/mol. The van der Waals surface area contributed by atoms with Crippen molar-refractivity contribution in [2.24, 2.45) is 0 Å². The van der Waals surface area contributed by atoms with E-state index in [0.29, 0.717) is 17.5 Å². The van der Waals surface area contributed by atoms with Crippen LogP contribution in [0.5, 0.6) is 0 Å². The highest BCUT2D eigenvalue weighted by atomic mass is 16.3. The lowest BCUT2D eigenvalue weighted by atomic mass is 9.95. The van der Waals surface area contributed by atoms with E-state index in [9.17, 15) is 0 Å². The molecule has 0 aliphatic heterocycles. The SMILES string of the molecule is c1ccc(-c2cc(-c3ccccc3)cc(-c3nc(-c4ccccc4)nc(-c4c(-c5ccccc5)ccc5c4oc4ccccc45)n3)c2)cc1. The highest BCUT2D eigenvalue weighted by Crippen LogP contribution is 2.42. The van der Waals surface area contributed by atoms with E-state index in [0.717, 1.165) is 72.0 Å². The maximum atomic E-state index is 6.64. The van der Waals surface area contributed by atoms with Gasteiger partial charge in [0.2, 0.25) is 0 Å². The highest BCUT2D eigenvalue weighted by Gasteiger charge is 2.22. The Bertz CT molecular complexity index is 2520. The zero-order valence-electron chi connectivity index (χ0n) is 26.5. The van der Waals surface area contributed by atoms with Crippen molar-refractivity contribution in [2.45, 2.75) is 0 Å². The second kappa shape index (κ2) is 12.2. The first-order valence-corrected chi connectivity index (χ1v) is 16.4. The van der Waals surface area contributed by atoms with Crippen LogP contribution in [0.15, 0.2) is 180 Å². The van der Waals surface area contributed by atoms with Crippen LogP contribution in [-0.2, 0) is 0 Å². The van der Waals surface area contributed by atoms with E-state index in [1.54, 1.807) is 0 Å². The quantitative estimate of drug-likeness (QED) is 0.184. The average molecular weight is 628 g/mol. The summed E-state index contributed by atoms with van der Waals surface area (Å²) in [6.07, 6.45) is 0. The number of para-hydroxylation sites is 1. The van der Waals surface area contributed by atoms with Crippen LogP contribution in [0, 0.1) is 0 Å². The van der Waals surface area contributed by atoms with Gasteiger partial charge in [-0.3, -0.25) is 0 Å². The van der Waals surface area contributed by atoms with Gasteiger partial charge in [0.05, 0.1) is 5.56 Å². The van der Waals surface area contributed by atoms with Gasteiger partial charge in [-0.05, 0) is 63.7 Å². The molecule has 2 heterocycles. The summed E-state index contributed by atoms with van der Waals surface area (Å²) in [5.41, 5.74) is 10.7. The molecule has 0 radical (unpaired) electrons. The monoisotopic (exact) mass is 627 g/mol. The summed E-state index contributed by atoms with van der Waals surface area (Å²) >= 11 is 0. The molecule has 0 aliphatic carbocycles. The first-order valence-electron chi connectivity index (χ1n) is 16.4. The van der Waals surface area contributed by atoms with Crippen molar-refractivity contribution in [3.63, 3.8) is 0 Å². The van der Waals surface area contributed by atoms with E-state index >= 15 is 0 Å². The number of benzene rings is 7. The Hall–Kier alpha value is -6.65. The smallest absolute Gasteiger partial charge is 0.168 e. The molecule has 0 unspecified atom stereocenters. The molecule has 0 N–H and O–H groups in total. The Kier molecular flexibility index (Phi) is 7.10. The van der Waals surface area contributed by atoms with Gasteiger partial charge < -0.3 is 4.42 Å². The lowest BCUT2D eigenvalue weighted by molar-refractivity contribution is 0.669. The zero-order valence-corrected chi connectivity index (χ0v) is 26.5. The van der Waals surface area contributed by atoms with Crippen LogP contribution in [0.2, 0.25) is 0 Å². The van der Waals surface area contributed by atoms with Gasteiger partial charge in [-0.25, -0.2) is 15.0 Å². The van der Waals surface area contributed by atoms with Crippen LogP contribution in [0.25, 0.3) is 89.5 Å². The molecule has 0 atom stereocenters. The fourth-order valence-electron chi connectivity index (χ4n) is 6.55. The van der Waals surface area contributed by atoms with Crippen LogP contribution in [0.3, 0.4) is 0 Å². The molecule has 4 heteroatoms. The van der Waals surface area contributed by atoms with Crippen LogP contribution < -0.4 is 0 Å². The van der Waals surface area contributed by atoms with Gasteiger partial charge in [0.25, 0.3) is 0 Å². The number of hydrogen-bond donors (Lipinski definition) is 0. The number of nitrogens with zero attached hydrogens (tertiary/aromatic N) is 3. The molecule has 0 spiro atoms. The molecule has 9 rings (SSSR count). The molecule has 7 aromatic carbocycles. The highest BCUT2D eigenvalue weighted by molar-refractivity contribution is 6.12. The van der Waals surface area contributed by atoms with Gasteiger partial charge >= 0.3 is 0 Å². The van der Waals surface area contributed by atoms with Gasteiger partial charge in [0.15, 0.2) is 17.5 Å². The molecule has 9 aromatic rings. The molecule has 4 nitrogen and oxygen atoms in total. The van der Waals surface area contributed by atoms with Crippen molar-refractivity contribution >= 4 is 21.9 Å². The Morgan fingerprint density at radius 2 is 0.796 bits per heavy atom. The number of hydrogen-bond acceptors (Lipinski definition) is 4. The van der Waals surface area contributed by atoms with Crippen molar-refractivity contribution < 1.29 is 4.42 Å². The molecule has 49 heavy (non-hydrogen) atoms. The third-order valence-corrected chi connectivity index (χ3v) is 8.93. The first-order chi connectivity index (χ1) is 24.3. The van der Waals surface area contributed by atoms with Crippen molar-refractivity contribution in [3.05, 3.63) is 176 Å². The van der Waals surface area contributed by atoms with Crippen LogP contribution in [-0.4, -0.2) is 15.0 Å². The summed E-state index contributed by atoms with van der Waals surface area (Å²) in [7, 11) is 0. The van der Waals surface area contributed by atoms with E-state index in [4.69, 9.17) is 19.4 Å². The Morgan fingerprint density at radius 1 is 0.327 bits per heavy atom. The maximum absolute atomic E-state index is 6.64. The Morgan fingerprint density at radius 3 is 1.41 bits per heavy atom. The van der Waals surface area contributed by atoms with Crippen molar-refractivity contribution in [3.8, 4) is 67.5 Å². The van der Waals surface area contributed by atoms with Gasteiger partial charge in [-0.2, -0.15) is 0 Å². The molecule has 230 valence electrons.